The predicted octanol–water partition coefficient (Wildman–Crippen LogP) is 1.87. The van der Waals surface area contributed by atoms with Crippen molar-refractivity contribution in [2.75, 3.05) is 39.3 Å². The van der Waals surface area contributed by atoms with Crippen molar-refractivity contribution < 1.29 is 62.2 Å². The number of hydrogen-bond donors (Lipinski definition) is 0. The molecule has 35 heavy (non-hydrogen) atoms. The minimum absolute atomic E-state index is 0. The molecule has 1 radical (unpaired) electrons. The van der Waals surface area contributed by atoms with E-state index >= 15 is 0 Å². The molecular formula is C27H27N4O3Yb. The van der Waals surface area contributed by atoms with Gasteiger partial charge < -0.3 is 15.3 Å². The molecule has 0 amide bonds. The molecule has 0 heterocycles. The van der Waals surface area contributed by atoms with Crippen LogP contribution in [-0.4, -0.2) is 62.8 Å². The Morgan fingerprint density at radius 2 is 0.800 bits per heavy atom. The van der Waals surface area contributed by atoms with Crippen LogP contribution in [0.3, 0.4) is 0 Å². The first-order valence-corrected chi connectivity index (χ1v) is 11.1. The molecule has 0 atom stereocenters. The van der Waals surface area contributed by atoms with E-state index in [1.54, 1.807) is 55.0 Å². The Morgan fingerprint density at radius 3 is 1.09 bits per heavy atom. The molecule has 187 valence electrons. The zero-order chi connectivity index (χ0) is 24.0. The summed E-state index contributed by atoms with van der Waals surface area (Å²) in [5.74, 6) is -0.155. The van der Waals surface area contributed by atoms with Gasteiger partial charge in [0.25, 0.3) is 0 Å². The molecule has 0 saturated heterocycles. The van der Waals surface area contributed by atoms with Crippen molar-refractivity contribution in [3.05, 3.63) is 89.5 Å². The molecular weight excluding hydrogens is 601 g/mol. The predicted molar refractivity (Wildman–Crippen MR) is 131 cm³/mol. The summed E-state index contributed by atoms with van der Waals surface area (Å²) >= 11 is 0. The first-order valence-electron chi connectivity index (χ1n) is 11.1. The van der Waals surface area contributed by atoms with E-state index in [1.807, 2.05) is 18.2 Å². The van der Waals surface area contributed by atoms with E-state index in [0.717, 1.165) is 0 Å². The summed E-state index contributed by atoms with van der Waals surface area (Å²) in [6, 6.07) is 20.3. The van der Waals surface area contributed by atoms with Crippen molar-refractivity contribution in [1.29, 1.82) is 0 Å². The van der Waals surface area contributed by atoms with Crippen LogP contribution in [0.1, 0.15) is 16.7 Å². The van der Waals surface area contributed by atoms with E-state index < -0.39 is 0 Å². The zero-order valence-electron chi connectivity index (χ0n) is 19.2. The van der Waals surface area contributed by atoms with Gasteiger partial charge in [-0.3, -0.25) is 19.9 Å². The molecule has 0 aliphatic carbocycles. The summed E-state index contributed by atoms with van der Waals surface area (Å²) in [7, 11) is 0. The van der Waals surface area contributed by atoms with Crippen molar-refractivity contribution in [3.8, 4) is 17.2 Å². The Morgan fingerprint density at radius 1 is 0.514 bits per heavy atom. The molecule has 3 aromatic carbocycles. The molecule has 0 saturated carbocycles. The summed E-state index contributed by atoms with van der Waals surface area (Å²) < 4.78 is 0. The number of aliphatic imine (C=N–C) groups is 3. The van der Waals surface area contributed by atoms with Gasteiger partial charge in [0.05, 0.1) is 19.6 Å². The van der Waals surface area contributed by atoms with E-state index in [1.165, 1.54) is 18.2 Å². The number of hydrogen-bond acceptors (Lipinski definition) is 7. The van der Waals surface area contributed by atoms with Crippen LogP contribution < -0.4 is 15.3 Å². The van der Waals surface area contributed by atoms with Crippen molar-refractivity contribution in [2.45, 2.75) is 0 Å². The summed E-state index contributed by atoms with van der Waals surface area (Å²) in [5, 5.41) is 35.4. The Labute approximate surface area is 244 Å². The van der Waals surface area contributed by atoms with Crippen LogP contribution in [0.4, 0.5) is 0 Å². The topological polar surface area (TPSA) is 110 Å². The third-order valence-electron chi connectivity index (χ3n) is 5.08. The van der Waals surface area contributed by atoms with Gasteiger partial charge in [-0.15, -0.1) is 17.2 Å². The third kappa shape index (κ3) is 10.4. The fourth-order valence-electron chi connectivity index (χ4n) is 3.18. The van der Waals surface area contributed by atoms with Gasteiger partial charge >= 0.3 is 46.9 Å². The molecule has 0 aliphatic heterocycles. The molecule has 0 aliphatic rings. The molecule has 0 N–H and O–H groups in total. The second-order valence-corrected chi connectivity index (χ2v) is 7.56. The van der Waals surface area contributed by atoms with Crippen molar-refractivity contribution in [1.82, 2.24) is 4.90 Å². The van der Waals surface area contributed by atoms with Crippen LogP contribution in [0.2, 0.25) is 0 Å². The van der Waals surface area contributed by atoms with Gasteiger partial charge in [0, 0.05) is 38.3 Å². The average molecular weight is 629 g/mol. The standard InChI is InChI=1S/C27H30N4O3.Yb/c32-25-10-4-1-7-22(25)19-28-13-16-31(17-14-29-20-23-8-2-5-11-26(23)33)18-15-30-21-24-9-3-6-12-27(24)34;/h1-12,19-21,32-34H,13-18H2;/q;+3/p-3. The first-order chi connectivity index (χ1) is 16.6. The third-order valence-corrected chi connectivity index (χ3v) is 5.08. The Hall–Kier alpha value is -2.45. The summed E-state index contributed by atoms with van der Waals surface area (Å²) in [4.78, 5) is 15.3. The SMILES string of the molecule is [O-]c1ccccc1C=NCCN(CCN=Cc1ccccc1[O-])CCN=Cc1ccccc1[O-].[Yb+3]. The summed E-state index contributed by atoms with van der Waals surface area (Å²) in [6.45, 7) is 3.56. The molecule has 0 bridgehead atoms. The molecule has 0 fully saturated rings. The van der Waals surface area contributed by atoms with Crippen LogP contribution >= 0.6 is 0 Å². The van der Waals surface area contributed by atoms with Crippen LogP contribution in [0.15, 0.2) is 87.8 Å². The molecule has 0 unspecified atom stereocenters. The number of nitrogens with zero attached hydrogens (tertiary/aromatic N) is 4. The van der Waals surface area contributed by atoms with E-state index in [2.05, 4.69) is 19.9 Å². The molecule has 0 aromatic heterocycles. The van der Waals surface area contributed by atoms with Crippen molar-refractivity contribution in [3.63, 3.8) is 0 Å². The van der Waals surface area contributed by atoms with E-state index in [9.17, 15) is 15.3 Å². The Kier molecular flexibility index (Phi) is 13.4. The Balaban J connectivity index is 0.00000432. The van der Waals surface area contributed by atoms with Gasteiger partial charge in [-0.25, -0.2) is 0 Å². The minimum atomic E-state index is -0.0518. The van der Waals surface area contributed by atoms with Crippen LogP contribution in [0, 0.1) is 46.9 Å². The van der Waals surface area contributed by atoms with Crippen LogP contribution in [-0.2, 0) is 0 Å². The normalized spacial score (nSPS) is 11.6. The van der Waals surface area contributed by atoms with Crippen molar-refractivity contribution >= 4 is 18.6 Å². The van der Waals surface area contributed by atoms with Gasteiger partial charge in [-0.2, -0.15) is 0 Å². The maximum Gasteiger partial charge on any atom is 3.00 e. The van der Waals surface area contributed by atoms with Crippen LogP contribution in [0.5, 0.6) is 17.2 Å². The number of benzene rings is 3. The second-order valence-electron chi connectivity index (χ2n) is 7.56. The Bertz CT molecular complexity index is 993. The fraction of sp³-hybridized carbons (Fsp3) is 0.222. The maximum absolute atomic E-state index is 11.8. The van der Waals surface area contributed by atoms with Gasteiger partial charge in [0.1, 0.15) is 0 Å². The molecule has 3 aromatic rings. The zero-order valence-corrected chi connectivity index (χ0v) is 20.9. The van der Waals surface area contributed by atoms with Gasteiger partial charge in [-0.05, 0) is 16.7 Å². The minimum Gasteiger partial charge on any atom is -0.872 e. The van der Waals surface area contributed by atoms with Gasteiger partial charge in [0.15, 0.2) is 0 Å². The van der Waals surface area contributed by atoms with E-state index in [0.29, 0.717) is 56.0 Å². The maximum atomic E-state index is 11.8. The average Bonchev–Trinajstić information content (AvgIpc) is 2.84. The fourth-order valence-corrected chi connectivity index (χ4v) is 3.18. The summed E-state index contributed by atoms with van der Waals surface area (Å²) in [6.07, 6.45) is 4.81. The largest absolute Gasteiger partial charge is 3.00 e. The van der Waals surface area contributed by atoms with Crippen molar-refractivity contribution in [2.24, 2.45) is 15.0 Å². The number of para-hydroxylation sites is 3. The molecule has 0 spiro atoms. The van der Waals surface area contributed by atoms with Crippen LogP contribution in [0.25, 0.3) is 0 Å². The monoisotopic (exact) mass is 629 g/mol. The molecule has 8 heteroatoms. The second kappa shape index (κ2) is 16.3. The van der Waals surface area contributed by atoms with E-state index in [-0.39, 0.29) is 64.2 Å². The van der Waals surface area contributed by atoms with Gasteiger partial charge in [-0.1, -0.05) is 72.8 Å². The smallest absolute Gasteiger partial charge is 0.872 e. The first kappa shape index (κ1) is 28.8. The molecule has 3 rings (SSSR count). The molecule has 7 nitrogen and oxygen atoms in total. The van der Waals surface area contributed by atoms with E-state index in [4.69, 9.17) is 0 Å². The quantitative estimate of drug-likeness (QED) is 0.286. The summed E-state index contributed by atoms with van der Waals surface area (Å²) in [5.41, 5.74) is 1.70. The number of rotatable bonds is 12. The van der Waals surface area contributed by atoms with Gasteiger partial charge in [0.2, 0.25) is 0 Å².